The third-order valence-electron chi connectivity index (χ3n) is 6.62. The fraction of sp³-hybridized carbons (Fsp3) is 1.00. The first-order valence-electron chi connectivity index (χ1n) is 6.63. The summed E-state index contributed by atoms with van der Waals surface area (Å²) < 4.78 is 0. The average molecular weight is 208 g/mol. The standard InChI is InChI=1S/C14H24O/c1-5-6-10-11-9-7-8-13(4,12(9,2)3)14(10,11)15/h9-11,15H,5-8H2,1-4H3/t9-,10?,11?,13-,14+/m1/s1. The zero-order valence-electron chi connectivity index (χ0n) is 10.5. The molecule has 15 heavy (non-hydrogen) atoms. The van der Waals surface area contributed by atoms with Gasteiger partial charge in [-0.2, -0.15) is 0 Å². The Morgan fingerprint density at radius 3 is 2.40 bits per heavy atom. The minimum Gasteiger partial charge on any atom is -0.389 e. The molecule has 0 heterocycles. The highest BCUT2D eigenvalue weighted by Gasteiger charge is 2.85. The van der Waals surface area contributed by atoms with Crippen LogP contribution in [0.4, 0.5) is 0 Å². The van der Waals surface area contributed by atoms with Crippen LogP contribution >= 0.6 is 0 Å². The van der Waals surface area contributed by atoms with E-state index in [1.54, 1.807) is 0 Å². The Morgan fingerprint density at radius 1 is 1.27 bits per heavy atom. The van der Waals surface area contributed by atoms with E-state index in [1.165, 1.54) is 25.7 Å². The normalized spacial score (nSPS) is 59.4. The maximum Gasteiger partial charge on any atom is 0.0772 e. The van der Waals surface area contributed by atoms with Crippen LogP contribution in [0.1, 0.15) is 53.4 Å². The van der Waals surface area contributed by atoms with E-state index in [1.807, 2.05) is 0 Å². The molecule has 86 valence electrons. The first-order chi connectivity index (χ1) is 6.91. The van der Waals surface area contributed by atoms with E-state index in [4.69, 9.17) is 0 Å². The van der Waals surface area contributed by atoms with Crippen molar-refractivity contribution < 1.29 is 5.11 Å². The van der Waals surface area contributed by atoms with E-state index < -0.39 is 0 Å². The third-order valence-corrected chi connectivity index (χ3v) is 6.62. The Morgan fingerprint density at radius 2 is 1.93 bits per heavy atom. The van der Waals surface area contributed by atoms with Gasteiger partial charge in [-0.3, -0.25) is 0 Å². The minimum absolute atomic E-state index is 0.204. The lowest BCUT2D eigenvalue weighted by Crippen LogP contribution is -2.42. The van der Waals surface area contributed by atoms with E-state index in [0.717, 1.165) is 5.92 Å². The van der Waals surface area contributed by atoms with Crippen LogP contribution in [-0.2, 0) is 0 Å². The molecule has 5 atom stereocenters. The molecule has 0 radical (unpaired) electrons. The number of hydrogen-bond acceptors (Lipinski definition) is 1. The van der Waals surface area contributed by atoms with Crippen LogP contribution in [0.25, 0.3) is 0 Å². The highest BCUT2D eigenvalue weighted by atomic mass is 16.3. The largest absolute Gasteiger partial charge is 0.389 e. The second-order valence-corrected chi connectivity index (χ2v) is 6.95. The van der Waals surface area contributed by atoms with Crippen LogP contribution in [0.2, 0.25) is 0 Å². The summed E-state index contributed by atoms with van der Waals surface area (Å²) in [6.45, 7) is 9.37. The summed E-state index contributed by atoms with van der Waals surface area (Å²) >= 11 is 0. The van der Waals surface area contributed by atoms with Gasteiger partial charge < -0.3 is 5.11 Å². The van der Waals surface area contributed by atoms with E-state index in [9.17, 15) is 5.11 Å². The van der Waals surface area contributed by atoms with Gasteiger partial charge in [0.2, 0.25) is 0 Å². The molecule has 2 bridgehead atoms. The van der Waals surface area contributed by atoms with Crippen molar-refractivity contribution in [2.24, 2.45) is 28.6 Å². The van der Waals surface area contributed by atoms with Crippen LogP contribution in [0.3, 0.4) is 0 Å². The minimum atomic E-state index is -0.282. The summed E-state index contributed by atoms with van der Waals surface area (Å²) in [7, 11) is 0. The molecule has 3 saturated carbocycles. The van der Waals surface area contributed by atoms with Gasteiger partial charge in [-0.05, 0) is 42.4 Å². The number of aliphatic hydroxyl groups is 1. The lowest BCUT2D eigenvalue weighted by molar-refractivity contribution is -0.0435. The fourth-order valence-electron chi connectivity index (χ4n) is 5.43. The molecule has 0 saturated heterocycles. The van der Waals surface area contributed by atoms with Crippen molar-refractivity contribution in [3.8, 4) is 0 Å². The molecule has 0 aromatic rings. The van der Waals surface area contributed by atoms with Crippen LogP contribution in [0.15, 0.2) is 0 Å². The Kier molecular flexibility index (Phi) is 1.65. The molecular weight excluding hydrogens is 184 g/mol. The van der Waals surface area contributed by atoms with Gasteiger partial charge in [0.25, 0.3) is 0 Å². The quantitative estimate of drug-likeness (QED) is 0.738. The van der Waals surface area contributed by atoms with Crippen molar-refractivity contribution in [2.45, 2.75) is 59.0 Å². The molecule has 1 nitrogen and oxygen atoms in total. The highest BCUT2D eigenvalue weighted by Crippen LogP contribution is 2.84. The number of fused-ring (bicyclic) bond motifs is 5. The molecule has 2 unspecified atom stereocenters. The van der Waals surface area contributed by atoms with Crippen molar-refractivity contribution in [1.29, 1.82) is 0 Å². The summed E-state index contributed by atoms with van der Waals surface area (Å²) in [6, 6.07) is 0. The Balaban J connectivity index is 1.98. The first kappa shape index (κ1) is 10.1. The molecule has 0 aromatic heterocycles. The van der Waals surface area contributed by atoms with Crippen molar-refractivity contribution in [3.63, 3.8) is 0 Å². The molecule has 0 aromatic carbocycles. The van der Waals surface area contributed by atoms with Gasteiger partial charge in [-0.15, -0.1) is 0 Å². The molecule has 3 fully saturated rings. The smallest absolute Gasteiger partial charge is 0.0772 e. The summed E-state index contributed by atoms with van der Waals surface area (Å²) in [4.78, 5) is 0. The lowest BCUT2D eigenvalue weighted by atomic mass is 9.65. The van der Waals surface area contributed by atoms with Crippen molar-refractivity contribution in [1.82, 2.24) is 0 Å². The van der Waals surface area contributed by atoms with Crippen molar-refractivity contribution in [2.75, 3.05) is 0 Å². The third kappa shape index (κ3) is 0.769. The molecule has 1 N–H and O–H groups in total. The summed E-state index contributed by atoms with van der Waals surface area (Å²) in [5, 5.41) is 10.9. The molecule has 0 aliphatic heterocycles. The SMILES string of the molecule is CCCC1C2[C@H]3CC[C@](C)(C3(C)C)[C@]12O. The zero-order valence-corrected chi connectivity index (χ0v) is 10.5. The molecule has 0 amide bonds. The topological polar surface area (TPSA) is 20.2 Å². The van der Waals surface area contributed by atoms with Gasteiger partial charge in [0.15, 0.2) is 0 Å². The van der Waals surface area contributed by atoms with Crippen LogP contribution in [0.5, 0.6) is 0 Å². The van der Waals surface area contributed by atoms with Gasteiger partial charge in [-0.1, -0.05) is 34.1 Å². The van der Waals surface area contributed by atoms with E-state index in [2.05, 4.69) is 27.7 Å². The molecule has 0 spiro atoms. The summed E-state index contributed by atoms with van der Waals surface area (Å²) in [5.41, 5.74) is 0.293. The Bertz CT molecular complexity index is 308. The maximum atomic E-state index is 10.9. The zero-order chi connectivity index (χ0) is 11.1. The Labute approximate surface area is 93.3 Å². The van der Waals surface area contributed by atoms with Crippen LogP contribution in [-0.4, -0.2) is 10.7 Å². The number of rotatable bonds is 2. The number of hydrogen-bond donors (Lipinski definition) is 1. The molecule has 3 aliphatic carbocycles. The average Bonchev–Trinajstić information content (AvgIpc) is 2.63. The fourth-order valence-corrected chi connectivity index (χ4v) is 5.43. The van der Waals surface area contributed by atoms with Crippen LogP contribution < -0.4 is 0 Å². The van der Waals surface area contributed by atoms with E-state index >= 15 is 0 Å². The van der Waals surface area contributed by atoms with Crippen molar-refractivity contribution >= 4 is 0 Å². The van der Waals surface area contributed by atoms with Gasteiger partial charge >= 0.3 is 0 Å². The van der Waals surface area contributed by atoms with E-state index in [0.29, 0.717) is 17.3 Å². The second-order valence-electron chi connectivity index (χ2n) is 6.95. The summed E-state index contributed by atoms with van der Waals surface area (Å²) in [5.74, 6) is 2.07. The monoisotopic (exact) mass is 208 g/mol. The molecule has 1 heteroatoms. The predicted molar refractivity (Wildman–Crippen MR) is 61.4 cm³/mol. The van der Waals surface area contributed by atoms with Crippen molar-refractivity contribution in [3.05, 3.63) is 0 Å². The highest BCUT2D eigenvalue weighted by molar-refractivity contribution is 5.34. The van der Waals surface area contributed by atoms with Gasteiger partial charge in [0, 0.05) is 5.41 Å². The summed E-state index contributed by atoms with van der Waals surface area (Å²) in [6.07, 6.45) is 5.07. The van der Waals surface area contributed by atoms with Gasteiger partial charge in [-0.25, -0.2) is 0 Å². The Hall–Kier alpha value is -0.0400. The van der Waals surface area contributed by atoms with Gasteiger partial charge in [0.05, 0.1) is 5.60 Å². The predicted octanol–water partition coefficient (Wildman–Crippen LogP) is 3.22. The maximum absolute atomic E-state index is 10.9. The molecule has 3 rings (SSSR count). The second kappa shape index (κ2) is 2.45. The molecular formula is C14H24O. The lowest BCUT2D eigenvalue weighted by Gasteiger charge is -2.42. The van der Waals surface area contributed by atoms with Gasteiger partial charge in [0.1, 0.15) is 0 Å². The first-order valence-corrected chi connectivity index (χ1v) is 6.63. The van der Waals surface area contributed by atoms with E-state index in [-0.39, 0.29) is 11.0 Å². The van der Waals surface area contributed by atoms with Crippen LogP contribution in [0, 0.1) is 28.6 Å². The molecule has 3 aliphatic rings.